The normalized spacial score (nSPS) is 10.1. The van der Waals surface area contributed by atoms with Gasteiger partial charge in [-0.2, -0.15) is 0 Å². The van der Waals surface area contributed by atoms with Crippen LogP contribution in [-0.4, -0.2) is 17.2 Å². The molecule has 0 aromatic heterocycles. The van der Waals surface area contributed by atoms with E-state index in [1.165, 1.54) is 12.1 Å². The molecule has 6 heteroatoms. The summed E-state index contributed by atoms with van der Waals surface area (Å²) < 4.78 is 10.8. The molecular weight excluding hydrogens is 358 g/mol. The van der Waals surface area contributed by atoms with Crippen LogP contribution in [-0.2, 0) is 18.0 Å². The SMILES string of the molecule is O=C(Nc1ccc(OCc2ccccc2)cc1C(=O)O)OCc1ccccc1. The second-order valence-electron chi connectivity index (χ2n) is 5.97. The molecule has 1 amide bonds. The molecule has 0 heterocycles. The molecule has 0 saturated carbocycles. The number of hydrogen-bond donors (Lipinski definition) is 2. The van der Waals surface area contributed by atoms with Gasteiger partial charge in [-0.3, -0.25) is 5.32 Å². The van der Waals surface area contributed by atoms with Gasteiger partial charge in [-0.1, -0.05) is 60.7 Å². The molecule has 3 aromatic carbocycles. The van der Waals surface area contributed by atoms with Crippen molar-refractivity contribution in [3.05, 3.63) is 95.6 Å². The summed E-state index contributed by atoms with van der Waals surface area (Å²) in [5.74, 6) is -0.784. The molecule has 0 spiro atoms. The average Bonchev–Trinajstić information content (AvgIpc) is 2.73. The summed E-state index contributed by atoms with van der Waals surface area (Å²) in [6.07, 6.45) is -0.732. The third-order valence-corrected chi connectivity index (χ3v) is 3.92. The Labute approximate surface area is 162 Å². The molecule has 0 fully saturated rings. The van der Waals surface area contributed by atoms with Crippen molar-refractivity contribution in [3.63, 3.8) is 0 Å². The molecule has 3 rings (SSSR count). The Morgan fingerprint density at radius 2 is 1.43 bits per heavy atom. The Hall–Kier alpha value is -3.80. The van der Waals surface area contributed by atoms with Gasteiger partial charge in [-0.15, -0.1) is 0 Å². The predicted molar refractivity (Wildman–Crippen MR) is 104 cm³/mol. The summed E-state index contributed by atoms with van der Waals surface area (Å²) in [6, 6.07) is 23.2. The van der Waals surface area contributed by atoms with Crippen LogP contribution in [0.15, 0.2) is 78.9 Å². The fraction of sp³-hybridized carbons (Fsp3) is 0.0909. The Morgan fingerprint density at radius 3 is 2.04 bits per heavy atom. The molecule has 0 aliphatic heterocycles. The number of amides is 1. The van der Waals surface area contributed by atoms with Crippen LogP contribution in [0.2, 0.25) is 0 Å². The maximum atomic E-state index is 12.0. The minimum atomic E-state index is -1.18. The highest BCUT2D eigenvalue weighted by atomic mass is 16.5. The number of hydrogen-bond acceptors (Lipinski definition) is 4. The van der Waals surface area contributed by atoms with Crippen molar-refractivity contribution in [2.24, 2.45) is 0 Å². The van der Waals surface area contributed by atoms with E-state index in [-0.39, 0.29) is 17.9 Å². The Kier molecular flexibility index (Phi) is 6.25. The lowest BCUT2D eigenvalue weighted by molar-refractivity contribution is 0.0697. The molecular formula is C22H19NO5. The summed E-state index contributed by atoms with van der Waals surface area (Å²) in [6.45, 7) is 0.402. The zero-order valence-electron chi connectivity index (χ0n) is 15.0. The molecule has 0 bridgehead atoms. The molecule has 6 nitrogen and oxygen atoms in total. The number of anilines is 1. The number of rotatable bonds is 7. The Bertz CT molecular complexity index is 942. The van der Waals surface area contributed by atoms with Crippen molar-refractivity contribution in [2.75, 3.05) is 5.32 Å². The Balaban J connectivity index is 1.63. The first-order valence-electron chi connectivity index (χ1n) is 8.63. The summed E-state index contributed by atoms with van der Waals surface area (Å²) in [5.41, 5.74) is 1.85. The second kappa shape index (κ2) is 9.23. The predicted octanol–water partition coefficient (Wildman–Crippen LogP) is 4.71. The van der Waals surface area contributed by atoms with E-state index in [1.807, 2.05) is 60.7 Å². The van der Waals surface area contributed by atoms with Gasteiger partial charge in [0.15, 0.2) is 0 Å². The molecule has 0 aliphatic rings. The monoisotopic (exact) mass is 377 g/mol. The fourth-order valence-electron chi connectivity index (χ4n) is 2.51. The standard InChI is InChI=1S/C22H19NO5/c24-21(25)19-13-18(27-14-16-7-3-1-4-8-16)11-12-20(19)23-22(26)28-15-17-9-5-2-6-10-17/h1-13H,14-15H2,(H,23,26)(H,24,25). The molecule has 0 radical (unpaired) electrons. The smallest absolute Gasteiger partial charge is 0.411 e. The van der Waals surface area contributed by atoms with Gasteiger partial charge in [0.05, 0.1) is 11.3 Å². The quantitative estimate of drug-likeness (QED) is 0.623. The number of carbonyl (C=O) groups excluding carboxylic acids is 1. The average molecular weight is 377 g/mol. The van der Waals surface area contributed by atoms with Crippen LogP contribution in [0.3, 0.4) is 0 Å². The van der Waals surface area contributed by atoms with Crippen molar-refractivity contribution < 1.29 is 24.2 Å². The van der Waals surface area contributed by atoms with E-state index in [2.05, 4.69) is 5.32 Å². The fourth-order valence-corrected chi connectivity index (χ4v) is 2.51. The summed E-state index contributed by atoms with van der Waals surface area (Å²) in [5, 5.41) is 11.9. The highest BCUT2D eigenvalue weighted by molar-refractivity contribution is 5.99. The molecule has 0 atom stereocenters. The van der Waals surface area contributed by atoms with Gasteiger partial charge in [0.2, 0.25) is 0 Å². The number of carbonyl (C=O) groups is 2. The van der Waals surface area contributed by atoms with E-state index in [4.69, 9.17) is 9.47 Å². The molecule has 0 saturated heterocycles. The topological polar surface area (TPSA) is 84.9 Å². The van der Waals surface area contributed by atoms with Gasteiger partial charge in [0, 0.05) is 0 Å². The highest BCUT2D eigenvalue weighted by Crippen LogP contribution is 2.23. The van der Waals surface area contributed by atoms with Gasteiger partial charge in [0.25, 0.3) is 0 Å². The van der Waals surface area contributed by atoms with E-state index in [1.54, 1.807) is 6.07 Å². The number of nitrogens with one attached hydrogen (secondary N) is 1. The van der Waals surface area contributed by atoms with Crippen LogP contribution < -0.4 is 10.1 Å². The van der Waals surface area contributed by atoms with Crippen molar-refractivity contribution in [1.29, 1.82) is 0 Å². The first kappa shape index (κ1) is 19.0. The van der Waals surface area contributed by atoms with E-state index in [0.29, 0.717) is 12.4 Å². The maximum absolute atomic E-state index is 12.0. The summed E-state index contributed by atoms with van der Waals surface area (Å²) in [7, 11) is 0. The van der Waals surface area contributed by atoms with Crippen molar-refractivity contribution >= 4 is 17.7 Å². The number of carboxylic acids is 1. The number of aromatic carboxylic acids is 1. The van der Waals surface area contributed by atoms with Gasteiger partial charge >= 0.3 is 12.1 Å². The third-order valence-electron chi connectivity index (χ3n) is 3.92. The largest absolute Gasteiger partial charge is 0.489 e. The molecule has 0 aliphatic carbocycles. The van der Waals surface area contributed by atoms with Crippen molar-refractivity contribution in [3.8, 4) is 5.75 Å². The number of benzene rings is 3. The lowest BCUT2D eigenvalue weighted by atomic mass is 10.1. The van der Waals surface area contributed by atoms with E-state index < -0.39 is 12.1 Å². The van der Waals surface area contributed by atoms with E-state index in [0.717, 1.165) is 11.1 Å². The molecule has 142 valence electrons. The van der Waals surface area contributed by atoms with Gasteiger partial charge in [-0.25, -0.2) is 9.59 Å². The Morgan fingerprint density at radius 1 is 0.821 bits per heavy atom. The van der Waals surface area contributed by atoms with Crippen LogP contribution in [0.5, 0.6) is 5.75 Å². The minimum Gasteiger partial charge on any atom is -0.489 e. The van der Waals surface area contributed by atoms with Gasteiger partial charge in [0.1, 0.15) is 19.0 Å². The van der Waals surface area contributed by atoms with Crippen LogP contribution >= 0.6 is 0 Å². The van der Waals surface area contributed by atoms with E-state index >= 15 is 0 Å². The molecule has 3 aromatic rings. The zero-order valence-corrected chi connectivity index (χ0v) is 15.0. The van der Waals surface area contributed by atoms with Crippen LogP contribution in [0.25, 0.3) is 0 Å². The lowest BCUT2D eigenvalue weighted by Crippen LogP contribution is -2.16. The number of ether oxygens (including phenoxy) is 2. The minimum absolute atomic E-state index is 0.0813. The first-order valence-corrected chi connectivity index (χ1v) is 8.63. The maximum Gasteiger partial charge on any atom is 0.411 e. The first-order chi connectivity index (χ1) is 13.6. The van der Waals surface area contributed by atoms with Gasteiger partial charge < -0.3 is 14.6 Å². The number of carboxylic acid groups (broad SMARTS) is 1. The van der Waals surface area contributed by atoms with Crippen molar-refractivity contribution in [2.45, 2.75) is 13.2 Å². The van der Waals surface area contributed by atoms with Crippen molar-refractivity contribution in [1.82, 2.24) is 0 Å². The third kappa shape index (κ3) is 5.35. The summed E-state index contributed by atoms with van der Waals surface area (Å²) >= 11 is 0. The van der Waals surface area contributed by atoms with Crippen LogP contribution in [0.1, 0.15) is 21.5 Å². The zero-order chi connectivity index (χ0) is 19.8. The molecule has 28 heavy (non-hydrogen) atoms. The highest BCUT2D eigenvalue weighted by Gasteiger charge is 2.15. The molecule has 0 unspecified atom stereocenters. The molecule has 2 N–H and O–H groups in total. The van der Waals surface area contributed by atoms with E-state index in [9.17, 15) is 14.7 Å². The second-order valence-corrected chi connectivity index (χ2v) is 5.97. The van der Waals surface area contributed by atoms with Crippen LogP contribution in [0, 0.1) is 0 Å². The van der Waals surface area contributed by atoms with Crippen LogP contribution in [0.4, 0.5) is 10.5 Å². The lowest BCUT2D eigenvalue weighted by Gasteiger charge is -2.12. The summed E-state index contributed by atoms with van der Waals surface area (Å²) in [4.78, 5) is 23.6. The van der Waals surface area contributed by atoms with Gasteiger partial charge in [-0.05, 0) is 29.3 Å².